The highest BCUT2D eigenvalue weighted by Crippen LogP contribution is 2.14. The van der Waals surface area contributed by atoms with Crippen LogP contribution in [0.2, 0.25) is 0 Å². The predicted octanol–water partition coefficient (Wildman–Crippen LogP) is 3.37. The molecule has 138 valence electrons. The number of hydrogen-bond donors (Lipinski definition) is 1. The zero-order valence-electron chi connectivity index (χ0n) is 15.6. The van der Waals surface area contributed by atoms with Gasteiger partial charge in [0.2, 0.25) is 5.91 Å². The van der Waals surface area contributed by atoms with Crippen molar-refractivity contribution < 1.29 is 9.59 Å². The molecule has 1 aromatic carbocycles. The molecule has 0 spiro atoms. The van der Waals surface area contributed by atoms with Gasteiger partial charge in [-0.25, -0.2) is 0 Å². The van der Waals surface area contributed by atoms with E-state index < -0.39 is 0 Å². The van der Waals surface area contributed by atoms with Crippen LogP contribution in [0.5, 0.6) is 0 Å². The lowest BCUT2D eigenvalue weighted by atomic mass is 10.1. The van der Waals surface area contributed by atoms with E-state index in [0.29, 0.717) is 24.2 Å². The van der Waals surface area contributed by atoms with Crippen molar-refractivity contribution in [3.63, 3.8) is 0 Å². The first kappa shape index (κ1) is 19.4. The van der Waals surface area contributed by atoms with Crippen LogP contribution in [-0.4, -0.2) is 54.3 Å². The zero-order chi connectivity index (χ0) is 18.1. The second kappa shape index (κ2) is 10.2. The van der Waals surface area contributed by atoms with E-state index in [1.807, 2.05) is 36.9 Å². The summed E-state index contributed by atoms with van der Waals surface area (Å²) in [6.07, 6.45) is 5.60. The Hall–Kier alpha value is -1.88. The van der Waals surface area contributed by atoms with Crippen LogP contribution in [0, 0.1) is 0 Å². The van der Waals surface area contributed by atoms with Crippen molar-refractivity contribution >= 4 is 17.5 Å². The summed E-state index contributed by atoms with van der Waals surface area (Å²) in [6.45, 7) is 8.49. The average molecular weight is 345 g/mol. The van der Waals surface area contributed by atoms with E-state index in [1.54, 1.807) is 6.07 Å². The van der Waals surface area contributed by atoms with Crippen LogP contribution < -0.4 is 5.32 Å². The standard InChI is InChI=1S/C20H31N3O2/c1-3-19(24)21-18-11-9-10-17(16-18)20(25)23(4-2)15-14-22-12-7-5-6-8-13-22/h9-11,16H,3-8,12-15H2,1-2H3,(H,21,24). The summed E-state index contributed by atoms with van der Waals surface area (Å²) in [6, 6.07) is 7.22. The number of carbonyl (C=O) groups is 2. The molecule has 0 saturated carbocycles. The molecular formula is C20H31N3O2. The Morgan fingerprint density at radius 2 is 1.84 bits per heavy atom. The summed E-state index contributed by atoms with van der Waals surface area (Å²) in [7, 11) is 0. The quantitative estimate of drug-likeness (QED) is 0.824. The summed E-state index contributed by atoms with van der Waals surface area (Å²) in [5, 5.41) is 2.82. The van der Waals surface area contributed by atoms with E-state index in [1.165, 1.54) is 25.7 Å². The molecule has 1 fully saturated rings. The lowest BCUT2D eigenvalue weighted by Crippen LogP contribution is -2.39. The highest BCUT2D eigenvalue weighted by Gasteiger charge is 2.17. The maximum absolute atomic E-state index is 12.8. The number of carbonyl (C=O) groups excluding carboxylic acids is 2. The molecule has 1 saturated heterocycles. The molecule has 1 aliphatic heterocycles. The molecule has 5 nitrogen and oxygen atoms in total. The monoisotopic (exact) mass is 345 g/mol. The summed E-state index contributed by atoms with van der Waals surface area (Å²) in [5.41, 5.74) is 1.31. The molecule has 2 rings (SSSR count). The minimum absolute atomic E-state index is 0.0323. The Kier molecular flexibility index (Phi) is 7.92. The predicted molar refractivity (Wildman–Crippen MR) is 102 cm³/mol. The van der Waals surface area contributed by atoms with E-state index in [4.69, 9.17) is 0 Å². The first-order chi connectivity index (χ1) is 12.1. The third-order valence-electron chi connectivity index (χ3n) is 4.77. The molecule has 2 amide bonds. The van der Waals surface area contributed by atoms with Crippen LogP contribution in [0.1, 0.15) is 56.3 Å². The molecule has 0 aliphatic carbocycles. The molecule has 1 aromatic rings. The fourth-order valence-corrected chi connectivity index (χ4v) is 3.19. The fraction of sp³-hybridized carbons (Fsp3) is 0.600. The highest BCUT2D eigenvalue weighted by molar-refractivity contribution is 5.97. The number of likely N-dealkylation sites (N-methyl/N-ethyl adjacent to an activating group) is 1. The molecule has 25 heavy (non-hydrogen) atoms. The van der Waals surface area contributed by atoms with Crippen molar-refractivity contribution in [1.82, 2.24) is 9.80 Å². The van der Waals surface area contributed by atoms with Crippen LogP contribution >= 0.6 is 0 Å². The third-order valence-corrected chi connectivity index (χ3v) is 4.77. The van der Waals surface area contributed by atoms with Gasteiger partial charge in [0.25, 0.3) is 5.91 Å². The number of likely N-dealkylation sites (tertiary alicyclic amines) is 1. The van der Waals surface area contributed by atoms with E-state index in [0.717, 1.165) is 26.2 Å². The first-order valence-electron chi connectivity index (χ1n) is 9.55. The van der Waals surface area contributed by atoms with Crippen molar-refractivity contribution in [1.29, 1.82) is 0 Å². The minimum atomic E-state index is -0.0434. The summed E-state index contributed by atoms with van der Waals surface area (Å²) < 4.78 is 0. The smallest absolute Gasteiger partial charge is 0.253 e. The van der Waals surface area contributed by atoms with Gasteiger partial charge in [-0.2, -0.15) is 0 Å². The fourth-order valence-electron chi connectivity index (χ4n) is 3.19. The Morgan fingerprint density at radius 3 is 2.48 bits per heavy atom. The molecule has 0 radical (unpaired) electrons. The molecule has 1 N–H and O–H groups in total. The lowest BCUT2D eigenvalue weighted by Gasteiger charge is -2.26. The van der Waals surface area contributed by atoms with Gasteiger partial charge in [0.15, 0.2) is 0 Å². The summed E-state index contributed by atoms with van der Waals surface area (Å²) in [5.74, 6) is -0.0111. The number of nitrogens with one attached hydrogen (secondary N) is 1. The van der Waals surface area contributed by atoms with Gasteiger partial charge in [-0.3, -0.25) is 9.59 Å². The average Bonchev–Trinajstić information content (AvgIpc) is 2.91. The van der Waals surface area contributed by atoms with E-state index in [-0.39, 0.29) is 11.8 Å². The Balaban J connectivity index is 1.96. The number of amides is 2. The van der Waals surface area contributed by atoms with Gasteiger partial charge in [-0.05, 0) is 51.1 Å². The SMILES string of the molecule is CCC(=O)Nc1cccc(C(=O)N(CC)CCN2CCCCCC2)c1. The second-order valence-corrected chi connectivity index (χ2v) is 6.62. The van der Waals surface area contributed by atoms with E-state index in [9.17, 15) is 9.59 Å². The number of anilines is 1. The molecule has 1 heterocycles. The Bertz CT molecular complexity index is 566. The molecule has 1 aliphatic rings. The highest BCUT2D eigenvalue weighted by atomic mass is 16.2. The number of benzene rings is 1. The van der Waals surface area contributed by atoms with Crippen molar-refractivity contribution in [2.75, 3.05) is 38.0 Å². The van der Waals surface area contributed by atoms with E-state index in [2.05, 4.69) is 10.2 Å². The maximum Gasteiger partial charge on any atom is 0.253 e. The van der Waals surface area contributed by atoms with E-state index >= 15 is 0 Å². The van der Waals surface area contributed by atoms with Gasteiger partial charge < -0.3 is 15.1 Å². The van der Waals surface area contributed by atoms with Crippen LogP contribution in [0.4, 0.5) is 5.69 Å². The van der Waals surface area contributed by atoms with Gasteiger partial charge in [0.05, 0.1) is 0 Å². The largest absolute Gasteiger partial charge is 0.338 e. The van der Waals surface area contributed by atoms with Crippen LogP contribution in [0.15, 0.2) is 24.3 Å². The van der Waals surface area contributed by atoms with Crippen molar-refractivity contribution in [3.05, 3.63) is 29.8 Å². The topological polar surface area (TPSA) is 52.7 Å². The molecule has 0 bridgehead atoms. The zero-order valence-corrected chi connectivity index (χ0v) is 15.6. The lowest BCUT2D eigenvalue weighted by molar-refractivity contribution is -0.115. The summed E-state index contributed by atoms with van der Waals surface area (Å²) >= 11 is 0. The molecule has 0 aromatic heterocycles. The Morgan fingerprint density at radius 1 is 1.12 bits per heavy atom. The molecular weight excluding hydrogens is 314 g/mol. The maximum atomic E-state index is 12.8. The van der Waals surface area contributed by atoms with Crippen LogP contribution in [0.25, 0.3) is 0 Å². The normalized spacial score (nSPS) is 15.4. The number of hydrogen-bond acceptors (Lipinski definition) is 3. The van der Waals surface area contributed by atoms with Crippen molar-refractivity contribution in [3.8, 4) is 0 Å². The van der Waals surface area contributed by atoms with Crippen molar-refractivity contribution in [2.45, 2.75) is 46.0 Å². The number of rotatable bonds is 7. The van der Waals surface area contributed by atoms with Gasteiger partial charge in [0.1, 0.15) is 0 Å². The third kappa shape index (κ3) is 6.16. The molecule has 0 unspecified atom stereocenters. The molecule has 5 heteroatoms. The molecule has 0 atom stereocenters. The van der Waals surface area contributed by atoms with Gasteiger partial charge in [-0.1, -0.05) is 25.8 Å². The van der Waals surface area contributed by atoms with Gasteiger partial charge >= 0.3 is 0 Å². The minimum Gasteiger partial charge on any atom is -0.338 e. The number of nitrogens with zero attached hydrogens (tertiary/aromatic N) is 2. The Labute approximate surface area is 151 Å². The van der Waals surface area contributed by atoms with Crippen LogP contribution in [0.3, 0.4) is 0 Å². The van der Waals surface area contributed by atoms with Gasteiger partial charge in [0, 0.05) is 37.3 Å². The van der Waals surface area contributed by atoms with Gasteiger partial charge in [-0.15, -0.1) is 0 Å². The van der Waals surface area contributed by atoms with Crippen molar-refractivity contribution in [2.24, 2.45) is 0 Å². The second-order valence-electron chi connectivity index (χ2n) is 6.62. The van der Waals surface area contributed by atoms with Crippen LogP contribution in [-0.2, 0) is 4.79 Å². The summed E-state index contributed by atoms with van der Waals surface area (Å²) in [4.78, 5) is 28.7. The first-order valence-corrected chi connectivity index (χ1v) is 9.55.